The molecule has 2 aliphatic heterocycles. The molecule has 1 N–H and O–H groups in total. The van der Waals surface area contributed by atoms with Crippen molar-refractivity contribution in [1.82, 2.24) is 5.32 Å². The van der Waals surface area contributed by atoms with Crippen LogP contribution in [0.5, 0.6) is 5.75 Å². The number of imide groups is 1. The molecule has 19 heavy (non-hydrogen) atoms. The lowest BCUT2D eigenvalue weighted by Gasteiger charge is -2.30. The molecular formula is C15H19NO3. The minimum atomic E-state index is -0.656. The maximum atomic E-state index is 12.1. The zero-order valence-corrected chi connectivity index (χ0v) is 11.6. The van der Waals surface area contributed by atoms with Gasteiger partial charge in [-0.1, -0.05) is 26.0 Å². The third-order valence-electron chi connectivity index (χ3n) is 3.59. The zero-order valence-electron chi connectivity index (χ0n) is 11.6. The van der Waals surface area contributed by atoms with Crippen LogP contribution in [0.3, 0.4) is 0 Å². The van der Waals surface area contributed by atoms with E-state index in [-0.39, 0.29) is 11.8 Å². The minimum Gasteiger partial charge on any atom is -0.492 e. The molecule has 0 aromatic heterocycles. The Labute approximate surface area is 113 Å². The number of hydrogen-bond acceptors (Lipinski definition) is 3. The molecule has 3 rings (SSSR count). The van der Waals surface area contributed by atoms with Crippen LogP contribution in [0.15, 0.2) is 18.2 Å². The molecule has 1 unspecified atom stereocenters. The van der Waals surface area contributed by atoms with Gasteiger partial charge in [-0.25, -0.2) is 0 Å². The highest BCUT2D eigenvalue weighted by Crippen LogP contribution is 2.43. The third kappa shape index (κ3) is 2.11. The van der Waals surface area contributed by atoms with E-state index in [4.69, 9.17) is 4.74 Å². The van der Waals surface area contributed by atoms with E-state index >= 15 is 0 Å². The fourth-order valence-corrected chi connectivity index (χ4v) is 2.57. The summed E-state index contributed by atoms with van der Waals surface area (Å²) in [5.41, 5.74) is 1.36. The molecule has 0 aliphatic carbocycles. The summed E-state index contributed by atoms with van der Waals surface area (Å²) >= 11 is 0. The van der Waals surface area contributed by atoms with E-state index < -0.39 is 5.41 Å². The van der Waals surface area contributed by atoms with Gasteiger partial charge in [0.05, 0.1) is 0 Å². The smallest absolute Gasteiger partial charge is 0.240 e. The number of benzene rings is 1. The van der Waals surface area contributed by atoms with Crippen LogP contribution in [0.4, 0.5) is 0 Å². The van der Waals surface area contributed by atoms with Gasteiger partial charge in [0, 0.05) is 12.0 Å². The SMILES string of the molecule is CC.Cc1ccc2c(c1)OCC21CCC(=O)NC1=O. The molecule has 1 atom stereocenters. The van der Waals surface area contributed by atoms with Gasteiger partial charge in [0.25, 0.3) is 0 Å². The number of ether oxygens (including phenoxy) is 1. The first-order valence-corrected chi connectivity index (χ1v) is 6.70. The second-order valence-corrected chi connectivity index (χ2v) is 4.75. The number of aryl methyl sites for hydroxylation is 1. The van der Waals surface area contributed by atoms with Gasteiger partial charge >= 0.3 is 0 Å². The minimum absolute atomic E-state index is 0.193. The molecule has 2 amide bonds. The topological polar surface area (TPSA) is 55.4 Å². The Morgan fingerprint density at radius 3 is 2.68 bits per heavy atom. The molecule has 1 spiro atoms. The molecule has 102 valence electrons. The summed E-state index contributed by atoms with van der Waals surface area (Å²) in [5.74, 6) is 0.354. The quantitative estimate of drug-likeness (QED) is 0.727. The van der Waals surface area contributed by atoms with Crippen LogP contribution in [0.25, 0.3) is 0 Å². The summed E-state index contributed by atoms with van der Waals surface area (Å²) in [6.07, 6.45) is 0.913. The monoisotopic (exact) mass is 261 g/mol. The molecule has 1 aromatic rings. The van der Waals surface area contributed by atoms with Crippen molar-refractivity contribution in [3.63, 3.8) is 0 Å². The van der Waals surface area contributed by atoms with E-state index in [1.54, 1.807) is 0 Å². The van der Waals surface area contributed by atoms with Crippen molar-refractivity contribution in [2.45, 2.75) is 39.0 Å². The van der Waals surface area contributed by atoms with Crippen LogP contribution in [-0.4, -0.2) is 18.4 Å². The summed E-state index contributed by atoms with van der Waals surface area (Å²) < 4.78 is 5.61. The third-order valence-corrected chi connectivity index (χ3v) is 3.59. The fraction of sp³-hybridized carbons (Fsp3) is 0.467. The molecule has 4 heteroatoms. The fourth-order valence-electron chi connectivity index (χ4n) is 2.57. The Hall–Kier alpha value is -1.84. The first-order chi connectivity index (χ1) is 9.12. The van der Waals surface area contributed by atoms with Gasteiger partial charge < -0.3 is 4.74 Å². The molecule has 1 saturated heterocycles. The lowest BCUT2D eigenvalue weighted by Crippen LogP contribution is -2.52. The van der Waals surface area contributed by atoms with Crippen molar-refractivity contribution in [3.8, 4) is 5.75 Å². The summed E-state index contributed by atoms with van der Waals surface area (Å²) in [5, 5.41) is 2.41. The molecule has 1 fully saturated rings. The number of carbonyl (C=O) groups excluding carboxylic acids is 2. The second-order valence-electron chi connectivity index (χ2n) is 4.75. The van der Waals surface area contributed by atoms with Crippen molar-refractivity contribution in [2.75, 3.05) is 6.61 Å². The van der Waals surface area contributed by atoms with Crippen LogP contribution < -0.4 is 10.1 Å². The normalized spacial score (nSPS) is 24.2. The highest BCUT2D eigenvalue weighted by atomic mass is 16.5. The van der Waals surface area contributed by atoms with Gasteiger partial charge in [-0.2, -0.15) is 0 Å². The molecule has 4 nitrogen and oxygen atoms in total. The van der Waals surface area contributed by atoms with E-state index in [0.29, 0.717) is 19.4 Å². The molecule has 0 saturated carbocycles. The van der Waals surface area contributed by atoms with Crippen molar-refractivity contribution in [1.29, 1.82) is 0 Å². The number of piperidine rings is 1. The lowest BCUT2D eigenvalue weighted by molar-refractivity contribution is -0.138. The van der Waals surface area contributed by atoms with Crippen molar-refractivity contribution in [2.24, 2.45) is 0 Å². The summed E-state index contributed by atoms with van der Waals surface area (Å²) in [7, 11) is 0. The van der Waals surface area contributed by atoms with E-state index in [1.807, 2.05) is 39.0 Å². The van der Waals surface area contributed by atoms with Gasteiger partial charge in [0.1, 0.15) is 17.8 Å². The molecule has 0 bridgehead atoms. The van der Waals surface area contributed by atoms with E-state index in [2.05, 4.69) is 5.32 Å². The molecule has 1 aromatic carbocycles. The first kappa shape index (κ1) is 13.6. The maximum absolute atomic E-state index is 12.1. The Bertz CT molecular complexity index is 524. The van der Waals surface area contributed by atoms with Gasteiger partial charge in [0.15, 0.2) is 0 Å². The Morgan fingerprint density at radius 2 is 2.00 bits per heavy atom. The van der Waals surface area contributed by atoms with Crippen LogP contribution in [0, 0.1) is 6.92 Å². The van der Waals surface area contributed by atoms with Gasteiger partial charge in [-0.15, -0.1) is 0 Å². The second kappa shape index (κ2) is 5.03. The zero-order chi connectivity index (χ0) is 14.0. The van der Waals surface area contributed by atoms with Crippen molar-refractivity contribution < 1.29 is 14.3 Å². The summed E-state index contributed by atoms with van der Waals surface area (Å²) in [6.45, 7) is 6.32. The average molecular weight is 261 g/mol. The van der Waals surface area contributed by atoms with Gasteiger partial charge in [0.2, 0.25) is 11.8 Å². The van der Waals surface area contributed by atoms with Crippen molar-refractivity contribution in [3.05, 3.63) is 29.3 Å². The summed E-state index contributed by atoms with van der Waals surface area (Å²) in [4.78, 5) is 23.3. The maximum Gasteiger partial charge on any atom is 0.240 e. The Morgan fingerprint density at radius 1 is 1.26 bits per heavy atom. The number of carbonyl (C=O) groups is 2. The predicted molar refractivity (Wildman–Crippen MR) is 72.1 cm³/mol. The van der Waals surface area contributed by atoms with Crippen LogP contribution in [0.1, 0.15) is 37.8 Å². The number of rotatable bonds is 0. The number of hydrogen-bond donors (Lipinski definition) is 1. The van der Waals surface area contributed by atoms with Crippen molar-refractivity contribution >= 4 is 11.8 Å². The standard InChI is InChI=1S/C13H13NO3.C2H6/c1-8-2-3-9-10(6-8)17-7-13(9)5-4-11(15)14-12(13)16;1-2/h2-3,6H,4-5,7H2,1H3,(H,14,15,16);1-2H3. The predicted octanol–water partition coefficient (Wildman–Crippen LogP) is 2.09. The van der Waals surface area contributed by atoms with Crippen LogP contribution in [-0.2, 0) is 15.0 Å². The molecule has 0 radical (unpaired) electrons. The first-order valence-electron chi connectivity index (χ1n) is 6.70. The average Bonchev–Trinajstić information content (AvgIpc) is 2.76. The number of nitrogens with one attached hydrogen (secondary N) is 1. The van der Waals surface area contributed by atoms with Gasteiger partial charge in [-0.3, -0.25) is 14.9 Å². The van der Waals surface area contributed by atoms with E-state index in [0.717, 1.165) is 16.9 Å². The summed E-state index contributed by atoms with van der Waals surface area (Å²) in [6, 6.07) is 5.85. The Balaban J connectivity index is 0.000000637. The highest BCUT2D eigenvalue weighted by molar-refractivity contribution is 6.04. The van der Waals surface area contributed by atoms with Gasteiger partial charge in [-0.05, 0) is 25.0 Å². The largest absolute Gasteiger partial charge is 0.492 e. The van der Waals surface area contributed by atoms with E-state index in [9.17, 15) is 9.59 Å². The van der Waals surface area contributed by atoms with E-state index in [1.165, 1.54) is 0 Å². The Kier molecular flexibility index (Phi) is 3.60. The van der Waals surface area contributed by atoms with Crippen LogP contribution >= 0.6 is 0 Å². The lowest BCUT2D eigenvalue weighted by atomic mass is 9.75. The number of fused-ring (bicyclic) bond motifs is 2. The molecule has 2 aliphatic rings. The highest BCUT2D eigenvalue weighted by Gasteiger charge is 2.49. The molecular weight excluding hydrogens is 242 g/mol. The van der Waals surface area contributed by atoms with Crippen LogP contribution in [0.2, 0.25) is 0 Å². The number of amides is 2. The molecule has 2 heterocycles.